The van der Waals surface area contributed by atoms with E-state index in [0.29, 0.717) is 12.5 Å². The molecule has 17 heavy (non-hydrogen) atoms. The minimum Gasteiger partial charge on any atom is -0.325 e. The summed E-state index contributed by atoms with van der Waals surface area (Å²) in [6, 6.07) is 1.48. The maximum Gasteiger partial charge on any atom is 0.240 e. The summed E-state index contributed by atoms with van der Waals surface area (Å²) in [7, 11) is 0. The molecule has 96 valence electrons. The molecular weight excluding hydrogens is 214 g/mol. The molecule has 0 aromatic heterocycles. The van der Waals surface area contributed by atoms with Gasteiger partial charge in [0.1, 0.15) is 6.04 Å². The van der Waals surface area contributed by atoms with Crippen molar-refractivity contribution < 1.29 is 4.79 Å². The van der Waals surface area contributed by atoms with E-state index in [1.807, 2.05) is 0 Å². The van der Waals surface area contributed by atoms with Gasteiger partial charge in [0.2, 0.25) is 5.91 Å². The number of hydrogen-bond acceptors (Lipinski definition) is 3. The van der Waals surface area contributed by atoms with Crippen molar-refractivity contribution in [1.82, 2.24) is 4.90 Å². The molecule has 1 saturated heterocycles. The van der Waals surface area contributed by atoms with Crippen LogP contribution in [0.3, 0.4) is 0 Å². The Kier molecular flexibility index (Phi) is 5.43. The maximum absolute atomic E-state index is 12.1. The number of hydrogen-bond donors (Lipinski definition) is 1. The van der Waals surface area contributed by atoms with Crippen LogP contribution in [-0.4, -0.2) is 29.4 Å². The summed E-state index contributed by atoms with van der Waals surface area (Å²) in [5, 5.41) is 8.95. The Morgan fingerprint density at radius 1 is 1.65 bits per heavy atom. The molecule has 0 aromatic carbocycles. The Labute approximate surface area is 104 Å². The molecule has 1 heterocycles. The Bertz CT molecular complexity index is 298. The highest BCUT2D eigenvalue weighted by Crippen LogP contribution is 2.19. The molecule has 1 rings (SSSR count). The van der Waals surface area contributed by atoms with E-state index in [4.69, 9.17) is 11.0 Å². The lowest BCUT2D eigenvalue weighted by molar-refractivity contribution is -0.132. The Balaban J connectivity index is 2.49. The number of likely N-dealkylation sites (tertiary alicyclic amines) is 1. The second kappa shape index (κ2) is 6.61. The summed E-state index contributed by atoms with van der Waals surface area (Å²) in [6.07, 6.45) is 4.65. The van der Waals surface area contributed by atoms with Crippen LogP contribution in [0.4, 0.5) is 0 Å². The third kappa shape index (κ3) is 3.71. The predicted octanol–water partition coefficient (Wildman–Crippen LogP) is 1.65. The number of rotatable bonds is 5. The molecule has 0 aromatic rings. The quantitative estimate of drug-likeness (QED) is 0.790. The van der Waals surface area contributed by atoms with Crippen LogP contribution < -0.4 is 5.73 Å². The third-order valence-corrected chi connectivity index (χ3v) is 3.44. The number of carbonyl (C=O) groups excluding carboxylic acids is 1. The molecule has 1 aliphatic rings. The first-order valence-corrected chi connectivity index (χ1v) is 6.55. The number of amides is 1. The van der Waals surface area contributed by atoms with Crippen molar-refractivity contribution in [2.75, 3.05) is 6.54 Å². The summed E-state index contributed by atoms with van der Waals surface area (Å²) in [5.41, 5.74) is 5.94. The van der Waals surface area contributed by atoms with Crippen molar-refractivity contribution in [3.05, 3.63) is 0 Å². The predicted molar refractivity (Wildman–Crippen MR) is 67.0 cm³/mol. The lowest BCUT2D eigenvalue weighted by atomic mass is 9.97. The van der Waals surface area contributed by atoms with E-state index >= 15 is 0 Å². The zero-order valence-corrected chi connectivity index (χ0v) is 10.9. The maximum atomic E-state index is 12.1. The molecule has 0 radical (unpaired) electrons. The standard InChI is InChI=1S/C13H23N3O/c1-3-5-10(2)8-12(15)13(17)16-7-4-6-11(16)9-14/h10-12H,3-8,15H2,1-2H3/t10?,11?,12-/m0/s1. The van der Waals surface area contributed by atoms with Crippen LogP contribution in [0.15, 0.2) is 0 Å². The molecular formula is C13H23N3O. The van der Waals surface area contributed by atoms with Gasteiger partial charge in [0, 0.05) is 6.54 Å². The van der Waals surface area contributed by atoms with Crippen LogP contribution in [0, 0.1) is 17.2 Å². The van der Waals surface area contributed by atoms with Crippen molar-refractivity contribution in [2.24, 2.45) is 11.7 Å². The molecule has 4 nitrogen and oxygen atoms in total. The van der Waals surface area contributed by atoms with Crippen molar-refractivity contribution in [3.63, 3.8) is 0 Å². The molecule has 0 spiro atoms. The Hall–Kier alpha value is -1.08. The molecule has 1 fully saturated rings. The van der Waals surface area contributed by atoms with Gasteiger partial charge < -0.3 is 10.6 Å². The molecule has 0 saturated carbocycles. The molecule has 0 aliphatic carbocycles. The van der Waals surface area contributed by atoms with Gasteiger partial charge in [-0.25, -0.2) is 0 Å². The van der Waals surface area contributed by atoms with Crippen LogP contribution in [0.2, 0.25) is 0 Å². The monoisotopic (exact) mass is 237 g/mol. The zero-order chi connectivity index (χ0) is 12.8. The van der Waals surface area contributed by atoms with E-state index in [-0.39, 0.29) is 11.9 Å². The van der Waals surface area contributed by atoms with E-state index in [1.165, 1.54) is 0 Å². The van der Waals surface area contributed by atoms with E-state index in [1.54, 1.807) is 4.90 Å². The lowest BCUT2D eigenvalue weighted by Crippen LogP contribution is -2.46. The highest BCUT2D eigenvalue weighted by Gasteiger charge is 2.31. The minimum atomic E-state index is -0.439. The average Bonchev–Trinajstić information content (AvgIpc) is 2.76. The first-order chi connectivity index (χ1) is 8.10. The lowest BCUT2D eigenvalue weighted by Gasteiger charge is -2.24. The molecule has 1 aliphatic heterocycles. The molecule has 0 bridgehead atoms. The summed E-state index contributed by atoms with van der Waals surface area (Å²) in [6.45, 7) is 4.95. The van der Waals surface area contributed by atoms with E-state index < -0.39 is 6.04 Å². The second-order valence-electron chi connectivity index (χ2n) is 5.05. The zero-order valence-electron chi connectivity index (χ0n) is 10.9. The van der Waals surface area contributed by atoms with Gasteiger partial charge in [-0.1, -0.05) is 26.7 Å². The number of nitrogens with two attached hydrogens (primary N) is 1. The number of carbonyl (C=O) groups is 1. The fraction of sp³-hybridized carbons (Fsp3) is 0.846. The summed E-state index contributed by atoms with van der Waals surface area (Å²) < 4.78 is 0. The first-order valence-electron chi connectivity index (χ1n) is 6.55. The van der Waals surface area contributed by atoms with Crippen LogP contribution >= 0.6 is 0 Å². The van der Waals surface area contributed by atoms with Crippen molar-refractivity contribution in [2.45, 2.75) is 58.0 Å². The van der Waals surface area contributed by atoms with Gasteiger partial charge in [-0.2, -0.15) is 5.26 Å². The van der Waals surface area contributed by atoms with Gasteiger partial charge in [-0.15, -0.1) is 0 Å². The van der Waals surface area contributed by atoms with Crippen molar-refractivity contribution in [1.29, 1.82) is 5.26 Å². The Morgan fingerprint density at radius 2 is 2.35 bits per heavy atom. The summed E-state index contributed by atoms with van der Waals surface area (Å²) >= 11 is 0. The highest BCUT2D eigenvalue weighted by atomic mass is 16.2. The van der Waals surface area contributed by atoms with Crippen LogP contribution in [-0.2, 0) is 4.79 Å². The van der Waals surface area contributed by atoms with Gasteiger partial charge in [0.05, 0.1) is 12.1 Å². The van der Waals surface area contributed by atoms with Crippen LogP contribution in [0.5, 0.6) is 0 Å². The third-order valence-electron chi connectivity index (χ3n) is 3.44. The van der Waals surface area contributed by atoms with E-state index in [9.17, 15) is 4.79 Å². The fourth-order valence-electron chi connectivity index (χ4n) is 2.52. The van der Waals surface area contributed by atoms with E-state index in [2.05, 4.69) is 19.9 Å². The highest BCUT2D eigenvalue weighted by molar-refractivity contribution is 5.82. The van der Waals surface area contributed by atoms with Gasteiger partial charge in [-0.3, -0.25) is 4.79 Å². The fourth-order valence-corrected chi connectivity index (χ4v) is 2.52. The number of nitrogens with zero attached hydrogens (tertiary/aromatic N) is 2. The van der Waals surface area contributed by atoms with Crippen LogP contribution in [0.25, 0.3) is 0 Å². The van der Waals surface area contributed by atoms with Crippen molar-refractivity contribution >= 4 is 5.91 Å². The van der Waals surface area contributed by atoms with Gasteiger partial charge >= 0.3 is 0 Å². The summed E-state index contributed by atoms with van der Waals surface area (Å²) in [4.78, 5) is 13.8. The Morgan fingerprint density at radius 3 is 2.94 bits per heavy atom. The first kappa shape index (κ1) is 14.0. The second-order valence-corrected chi connectivity index (χ2v) is 5.05. The van der Waals surface area contributed by atoms with E-state index in [0.717, 1.165) is 32.1 Å². The molecule has 2 unspecified atom stereocenters. The van der Waals surface area contributed by atoms with Crippen molar-refractivity contribution in [3.8, 4) is 6.07 Å². The largest absolute Gasteiger partial charge is 0.325 e. The molecule has 1 amide bonds. The molecule has 4 heteroatoms. The minimum absolute atomic E-state index is 0.0444. The summed E-state index contributed by atoms with van der Waals surface area (Å²) in [5.74, 6) is 0.430. The number of nitriles is 1. The normalized spacial score (nSPS) is 23.2. The van der Waals surface area contributed by atoms with Gasteiger partial charge in [-0.05, 0) is 25.2 Å². The van der Waals surface area contributed by atoms with Gasteiger partial charge in [0.25, 0.3) is 0 Å². The molecule has 2 N–H and O–H groups in total. The topological polar surface area (TPSA) is 70.1 Å². The average molecular weight is 237 g/mol. The van der Waals surface area contributed by atoms with Gasteiger partial charge in [0.15, 0.2) is 0 Å². The smallest absolute Gasteiger partial charge is 0.240 e. The SMILES string of the molecule is CCCC(C)C[C@H](N)C(=O)N1CCCC1C#N. The molecule has 3 atom stereocenters. The van der Waals surface area contributed by atoms with Crippen LogP contribution in [0.1, 0.15) is 46.0 Å².